The average Bonchev–Trinajstić information content (AvgIpc) is 2.87. The van der Waals surface area contributed by atoms with E-state index in [0.717, 1.165) is 30.9 Å². The third-order valence-electron chi connectivity index (χ3n) is 7.01. The molecule has 0 unspecified atom stereocenters. The summed E-state index contributed by atoms with van der Waals surface area (Å²) < 4.78 is 61.2. The highest BCUT2D eigenvalue weighted by Gasteiger charge is 2.45. The maximum absolute atomic E-state index is 14.6. The second-order valence-electron chi connectivity index (χ2n) is 8.86. The van der Waals surface area contributed by atoms with Gasteiger partial charge >= 0.3 is 6.11 Å². The van der Waals surface area contributed by atoms with Crippen LogP contribution in [0.5, 0.6) is 5.75 Å². The molecule has 5 heteroatoms. The number of alkyl halides is 2. The molecule has 1 aromatic carbocycles. The molecule has 0 N–H and O–H groups in total. The Morgan fingerprint density at radius 3 is 1.59 bits per heavy atom. The van der Waals surface area contributed by atoms with Crippen molar-refractivity contribution < 1.29 is 22.3 Å². The van der Waals surface area contributed by atoms with Gasteiger partial charge in [-0.1, -0.05) is 74.1 Å². The van der Waals surface area contributed by atoms with Crippen molar-refractivity contribution in [2.75, 3.05) is 0 Å². The van der Waals surface area contributed by atoms with E-state index in [0.29, 0.717) is 24.7 Å². The van der Waals surface area contributed by atoms with E-state index in [1.165, 1.54) is 45.4 Å². The van der Waals surface area contributed by atoms with Gasteiger partial charge in [0.25, 0.3) is 0 Å². The van der Waals surface area contributed by atoms with Gasteiger partial charge in [-0.25, -0.2) is 8.78 Å². The third-order valence-corrected chi connectivity index (χ3v) is 7.01. The Hall–Kier alpha value is -1.26. The van der Waals surface area contributed by atoms with Crippen molar-refractivity contribution in [3.05, 3.63) is 29.3 Å². The van der Waals surface area contributed by atoms with Gasteiger partial charge < -0.3 is 4.74 Å². The van der Waals surface area contributed by atoms with Crippen molar-refractivity contribution in [2.24, 2.45) is 23.7 Å². The van der Waals surface area contributed by atoms with Gasteiger partial charge in [-0.05, 0) is 63.2 Å². The van der Waals surface area contributed by atoms with Crippen LogP contribution in [0, 0.1) is 42.2 Å². The van der Waals surface area contributed by atoms with Crippen LogP contribution < -0.4 is 4.74 Å². The van der Waals surface area contributed by atoms with Gasteiger partial charge in [-0.15, -0.1) is 0 Å². The monoisotopic (exact) mass is 490 g/mol. The van der Waals surface area contributed by atoms with Crippen molar-refractivity contribution in [3.63, 3.8) is 0 Å². The van der Waals surface area contributed by atoms with E-state index in [-0.39, 0.29) is 5.56 Å². The van der Waals surface area contributed by atoms with Crippen LogP contribution >= 0.6 is 0 Å². The summed E-state index contributed by atoms with van der Waals surface area (Å²) in [6.45, 7) is 15.5. The van der Waals surface area contributed by atoms with Crippen molar-refractivity contribution in [2.45, 2.75) is 126 Å². The zero-order valence-corrected chi connectivity index (χ0v) is 23.0. The highest BCUT2D eigenvalue weighted by atomic mass is 19.3. The number of ether oxygens (including phenoxy) is 1. The molecule has 34 heavy (non-hydrogen) atoms. The number of rotatable bonds is 6. The van der Waals surface area contributed by atoms with Gasteiger partial charge in [0.2, 0.25) is 0 Å². The summed E-state index contributed by atoms with van der Waals surface area (Å²) in [6, 6.07) is 1.68. The zero-order valence-electron chi connectivity index (χ0n) is 23.0. The van der Waals surface area contributed by atoms with Crippen molar-refractivity contribution >= 4 is 0 Å². The molecule has 0 saturated heterocycles. The van der Waals surface area contributed by atoms with Crippen LogP contribution in [0.15, 0.2) is 12.1 Å². The molecule has 2 saturated carbocycles. The van der Waals surface area contributed by atoms with Crippen molar-refractivity contribution in [1.82, 2.24) is 0 Å². The molecule has 0 spiro atoms. The largest absolute Gasteiger partial charge is 0.432 e. The minimum Gasteiger partial charge on any atom is -0.432 e. The minimum atomic E-state index is -3.40. The Labute approximate surface area is 207 Å². The fraction of sp³-hybridized carbons (Fsp3) is 0.793. The highest BCUT2D eigenvalue weighted by Crippen LogP contribution is 2.46. The molecule has 0 bridgehead atoms. The summed E-state index contributed by atoms with van der Waals surface area (Å²) in [5.41, 5.74) is -0.190. The standard InChI is InChI=1S/C23H32F4O.3C2H6/c1-3-4-16-5-7-17(8-6-16)18-9-11-19(12-10-18)23(26,27)28-20-13-21(24)15(2)22(25)14-20;3*1-2/h13-14,16-19H,3-12H2,1-2H3;3*1-2H3. The molecule has 1 aromatic rings. The lowest BCUT2D eigenvalue weighted by atomic mass is 9.68. The first-order chi connectivity index (χ1) is 16.3. The lowest BCUT2D eigenvalue weighted by molar-refractivity contribution is -0.224. The highest BCUT2D eigenvalue weighted by molar-refractivity contribution is 5.30. The third kappa shape index (κ3) is 9.77. The molecule has 0 aromatic heterocycles. The Bertz CT molecular complexity index is 623. The molecule has 0 atom stereocenters. The van der Waals surface area contributed by atoms with Crippen LogP contribution in [-0.4, -0.2) is 6.11 Å². The molecule has 2 aliphatic carbocycles. The van der Waals surface area contributed by atoms with Gasteiger partial charge in [0, 0.05) is 17.7 Å². The first kappa shape index (κ1) is 32.7. The molecule has 2 aliphatic rings. The van der Waals surface area contributed by atoms with Crippen LogP contribution in [-0.2, 0) is 0 Å². The molecule has 0 radical (unpaired) electrons. The Balaban J connectivity index is 0.00000168. The zero-order chi connectivity index (χ0) is 26.3. The van der Waals surface area contributed by atoms with Crippen LogP contribution in [0.2, 0.25) is 0 Å². The lowest BCUT2D eigenvalue weighted by Gasteiger charge is -2.39. The van der Waals surface area contributed by atoms with E-state index >= 15 is 0 Å². The number of halogens is 4. The van der Waals surface area contributed by atoms with Gasteiger partial charge in [-0.3, -0.25) is 0 Å². The van der Waals surface area contributed by atoms with Crippen molar-refractivity contribution in [1.29, 1.82) is 0 Å². The Kier molecular flexibility index (Phi) is 16.6. The van der Waals surface area contributed by atoms with E-state index in [2.05, 4.69) is 6.92 Å². The van der Waals surface area contributed by atoms with Crippen LogP contribution in [0.1, 0.15) is 118 Å². The van der Waals surface area contributed by atoms with E-state index in [1.807, 2.05) is 41.5 Å². The number of benzene rings is 1. The van der Waals surface area contributed by atoms with E-state index in [1.54, 1.807) is 0 Å². The first-order valence-corrected chi connectivity index (χ1v) is 13.8. The maximum atomic E-state index is 14.6. The van der Waals surface area contributed by atoms with Crippen LogP contribution in [0.25, 0.3) is 0 Å². The fourth-order valence-corrected chi connectivity index (χ4v) is 5.20. The summed E-state index contributed by atoms with van der Waals surface area (Å²) >= 11 is 0. The lowest BCUT2D eigenvalue weighted by Crippen LogP contribution is -2.38. The summed E-state index contributed by atoms with van der Waals surface area (Å²) in [4.78, 5) is 0. The summed E-state index contributed by atoms with van der Waals surface area (Å²) in [5, 5.41) is 0. The molecule has 200 valence electrons. The SMILES string of the molecule is CC.CC.CC.CCCC1CCC(C2CCC(C(F)(F)Oc3cc(F)c(C)c(F)c3)CC2)CC1. The normalized spacial score (nSPS) is 24.4. The molecular weight excluding hydrogens is 440 g/mol. The second-order valence-corrected chi connectivity index (χ2v) is 8.86. The van der Waals surface area contributed by atoms with Gasteiger partial charge in [0.15, 0.2) is 0 Å². The molecule has 0 aliphatic heterocycles. The predicted molar refractivity (Wildman–Crippen MR) is 137 cm³/mol. The van der Waals surface area contributed by atoms with E-state index in [9.17, 15) is 17.6 Å². The molecule has 1 nitrogen and oxygen atoms in total. The average molecular weight is 491 g/mol. The first-order valence-electron chi connectivity index (χ1n) is 13.8. The smallest absolute Gasteiger partial charge is 0.400 e. The Morgan fingerprint density at radius 1 is 0.765 bits per heavy atom. The summed E-state index contributed by atoms with van der Waals surface area (Å²) in [6.07, 6.45) is 6.57. The van der Waals surface area contributed by atoms with E-state index < -0.39 is 29.4 Å². The van der Waals surface area contributed by atoms with Crippen LogP contribution in [0.4, 0.5) is 17.6 Å². The molecule has 0 heterocycles. The van der Waals surface area contributed by atoms with Crippen LogP contribution in [0.3, 0.4) is 0 Å². The number of hydrogen-bond acceptors (Lipinski definition) is 1. The molecule has 0 amide bonds. The molecular formula is C29H50F4O. The summed E-state index contributed by atoms with van der Waals surface area (Å²) in [7, 11) is 0. The fourth-order valence-electron chi connectivity index (χ4n) is 5.20. The topological polar surface area (TPSA) is 9.23 Å². The van der Waals surface area contributed by atoms with Gasteiger partial charge in [0.1, 0.15) is 17.4 Å². The van der Waals surface area contributed by atoms with Gasteiger partial charge in [-0.2, -0.15) is 8.78 Å². The Morgan fingerprint density at radius 2 is 1.18 bits per heavy atom. The van der Waals surface area contributed by atoms with Gasteiger partial charge in [0.05, 0.1) is 5.92 Å². The predicted octanol–water partition coefficient (Wildman–Crippen LogP) is 10.7. The maximum Gasteiger partial charge on any atom is 0.400 e. The second kappa shape index (κ2) is 17.2. The number of hydrogen-bond donors (Lipinski definition) is 0. The minimum absolute atomic E-state index is 0.190. The quantitative estimate of drug-likeness (QED) is 0.360. The molecule has 3 rings (SSSR count). The van der Waals surface area contributed by atoms with E-state index in [4.69, 9.17) is 4.74 Å². The summed E-state index contributed by atoms with van der Waals surface area (Å²) in [5.74, 6) is -1.02. The van der Waals surface area contributed by atoms with Crippen molar-refractivity contribution in [3.8, 4) is 5.75 Å². The molecule has 2 fully saturated rings.